The minimum Gasteiger partial charge on any atom is -0.386 e. The van der Waals surface area contributed by atoms with Gasteiger partial charge < -0.3 is 10.4 Å². The Labute approximate surface area is 75.5 Å². The molecular formula is C8H12N2OS. The topological polar surface area (TPSA) is 45.2 Å². The summed E-state index contributed by atoms with van der Waals surface area (Å²) in [6.07, 6.45) is 3.62. The normalized spacial score (nSPS) is 25.9. The van der Waals surface area contributed by atoms with Crippen molar-refractivity contribution in [1.82, 2.24) is 10.3 Å². The van der Waals surface area contributed by atoms with Gasteiger partial charge in [-0.1, -0.05) is 0 Å². The van der Waals surface area contributed by atoms with Gasteiger partial charge in [0.1, 0.15) is 6.10 Å². The van der Waals surface area contributed by atoms with Gasteiger partial charge in [-0.05, 0) is 19.4 Å². The lowest BCUT2D eigenvalue weighted by Crippen LogP contribution is -2.28. The quantitative estimate of drug-likeness (QED) is 0.718. The summed E-state index contributed by atoms with van der Waals surface area (Å²) in [4.78, 5) is 4.91. The summed E-state index contributed by atoms with van der Waals surface area (Å²) in [5.74, 6) is 0. The molecule has 2 heterocycles. The summed E-state index contributed by atoms with van der Waals surface area (Å²) in [6, 6.07) is 0.241. The first-order valence-electron chi connectivity index (χ1n) is 4.18. The van der Waals surface area contributed by atoms with Crippen LogP contribution in [0.15, 0.2) is 11.7 Å². The van der Waals surface area contributed by atoms with Crippen LogP contribution in [0.1, 0.15) is 23.8 Å². The summed E-state index contributed by atoms with van der Waals surface area (Å²) in [6.45, 7) is 1.03. The van der Waals surface area contributed by atoms with Gasteiger partial charge in [0.05, 0.1) is 10.4 Å². The number of hydrogen-bond acceptors (Lipinski definition) is 4. The highest BCUT2D eigenvalue weighted by molar-refractivity contribution is 7.09. The highest BCUT2D eigenvalue weighted by Gasteiger charge is 2.24. The van der Waals surface area contributed by atoms with Gasteiger partial charge in [-0.15, -0.1) is 11.3 Å². The molecule has 12 heavy (non-hydrogen) atoms. The molecule has 66 valence electrons. The molecule has 1 fully saturated rings. The Balaban J connectivity index is 2.04. The SMILES string of the molecule is OC(c1cncs1)[C@H]1CCCN1. The maximum atomic E-state index is 9.82. The molecule has 0 radical (unpaired) electrons. The van der Waals surface area contributed by atoms with Gasteiger partial charge in [-0.2, -0.15) is 0 Å². The summed E-state index contributed by atoms with van der Waals surface area (Å²) in [5, 5.41) is 13.1. The smallest absolute Gasteiger partial charge is 0.105 e. The van der Waals surface area contributed by atoms with Crippen molar-refractivity contribution in [3.63, 3.8) is 0 Å². The first-order chi connectivity index (χ1) is 5.88. The van der Waals surface area contributed by atoms with E-state index in [0.717, 1.165) is 17.8 Å². The standard InChI is InChI=1S/C8H12N2OS/c11-8(6-2-1-3-10-6)7-4-9-5-12-7/h4-6,8,10-11H,1-3H2/t6-,8?/m1/s1. The molecule has 2 N–H and O–H groups in total. The Morgan fingerprint density at radius 3 is 3.25 bits per heavy atom. The van der Waals surface area contributed by atoms with Gasteiger partial charge in [0.15, 0.2) is 0 Å². The molecule has 1 unspecified atom stereocenters. The Morgan fingerprint density at radius 2 is 2.67 bits per heavy atom. The van der Waals surface area contributed by atoms with Crippen molar-refractivity contribution in [3.05, 3.63) is 16.6 Å². The molecule has 0 aromatic carbocycles. The van der Waals surface area contributed by atoms with Crippen LogP contribution in [0.5, 0.6) is 0 Å². The van der Waals surface area contributed by atoms with E-state index in [1.165, 1.54) is 17.8 Å². The zero-order chi connectivity index (χ0) is 8.39. The summed E-state index contributed by atoms with van der Waals surface area (Å²) < 4.78 is 0. The second-order valence-corrected chi connectivity index (χ2v) is 3.97. The van der Waals surface area contributed by atoms with E-state index in [1.54, 1.807) is 11.7 Å². The van der Waals surface area contributed by atoms with Gasteiger partial charge in [0.25, 0.3) is 0 Å². The molecule has 1 aromatic heterocycles. The third-order valence-electron chi connectivity index (χ3n) is 2.22. The van der Waals surface area contributed by atoms with Crippen LogP contribution in [-0.2, 0) is 0 Å². The van der Waals surface area contributed by atoms with Crippen LogP contribution in [0.3, 0.4) is 0 Å². The van der Waals surface area contributed by atoms with Gasteiger partial charge in [-0.25, -0.2) is 0 Å². The molecular weight excluding hydrogens is 172 g/mol. The van der Waals surface area contributed by atoms with Gasteiger partial charge >= 0.3 is 0 Å². The lowest BCUT2D eigenvalue weighted by atomic mass is 10.1. The molecule has 0 aliphatic carbocycles. The van der Waals surface area contributed by atoms with E-state index in [1.807, 2.05) is 0 Å². The lowest BCUT2D eigenvalue weighted by Gasteiger charge is -2.15. The highest BCUT2D eigenvalue weighted by Crippen LogP contribution is 2.24. The molecule has 1 aliphatic heterocycles. The first-order valence-corrected chi connectivity index (χ1v) is 5.06. The van der Waals surface area contributed by atoms with E-state index in [2.05, 4.69) is 10.3 Å². The maximum absolute atomic E-state index is 9.82. The predicted octanol–water partition coefficient (Wildman–Crippen LogP) is 0.929. The minimum atomic E-state index is -0.361. The minimum absolute atomic E-state index is 0.241. The zero-order valence-electron chi connectivity index (χ0n) is 6.73. The average Bonchev–Trinajstić information content (AvgIpc) is 2.77. The van der Waals surface area contributed by atoms with Crippen LogP contribution < -0.4 is 5.32 Å². The number of aliphatic hydroxyl groups excluding tert-OH is 1. The predicted molar refractivity (Wildman–Crippen MR) is 48.1 cm³/mol. The van der Waals surface area contributed by atoms with Gasteiger partial charge in [0.2, 0.25) is 0 Å². The fourth-order valence-electron chi connectivity index (χ4n) is 1.55. The van der Waals surface area contributed by atoms with Crippen molar-refractivity contribution in [3.8, 4) is 0 Å². The zero-order valence-corrected chi connectivity index (χ0v) is 7.55. The van der Waals surface area contributed by atoms with Crippen molar-refractivity contribution >= 4 is 11.3 Å². The van der Waals surface area contributed by atoms with E-state index in [0.29, 0.717) is 0 Å². The lowest BCUT2D eigenvalue weighted by molar-refractivity contribution is 0.141. The average molecular weight is 184 g/mol. The Bertz CT molecular complexity index is 231. The van der Waals surface area contributed by atoms with Crippen LogP contribution >= 0.6 is 11.3 Å². The summed E-state index contributed by atoms with van der Waals surface area (Å²) in [5.41, 5.74) is 1.76. The number of thiazole rings is 1. The molecule has 2 rings (SSSR count). The molecule has 0 spiro atoms. The second kappa shape index (κ2) is 3.51. The molecule has 1 aliphatic rings. The fourth-order valence-corrected chi connectivity index (χ4v) is 2.22. The van der Waals surface area contributed by atoms with Crippen molar-refractivity contribution in [2.24, 2.45) is 0 Å². The molecule has 0 amide bonds. The third-order valence-corrected chi connectivity index (χ3v) is 3.07. The van der Waals surface area contributed by atoms with E-state index in [9.17, 15) is 5.11 Å². The summed E-state index contributed by atoms with van der Waals surface area (Å²) >= 11 is 1.52. The van der Waals surface area contributed by atoms with Gasteiger partial charge in [-0.3, -0.25) is 4.98 Å². The molecule has 2 atom stereocenters. The largest absolute Gasteiger partial charge is 0.386 e. The van der Waals surface area contributed by atoms with Crippen molar-refractivity contribution in [2.75, 3.05) is 6.54 Å². The molecule has 4 heteroatoms. The number of nitrogens with zero attached hydrogens (tertiary/aromatic N) is 1. The number of aromatic nitrogens is 1. The second-order valence-electron chi connectivity index (χ2n) is 3.05. The molecule has 1 aromatic rings. The molecule has 0 saturated carbocycles. The van der Waals surface area contributed by atoms with Gasteiger partial charge in [0, 0.05) is 12.2 Å². The fraction of sp³-hybridized carbons (Fsp3) is 0.625. The van der Waals surface area contributed by atoms with E-state index >= 15 is 0 Å². The molecule has 0 bridgehead atoms. The third kappa shape index (κ3) is 1.50. The van der Waals surface area contributed by atoms with Crippen LogP contribution in [0.2, 0.25) is 0 Å². The van der Waals surface area contributed by atoms with Crippen LogP contribution in [0, 0.1) is 0 Å². The number of hydrogen-bond donors (Lipinski definition) is 2. The van der Waals surface area contributed by atoms with Crippen LogP contribution in [0.25, 0.3) is 0 Å². The van der Waals surface area contributed by atoms with Crippen molar-refractivity contribution < 1.29 is 5.11 Å². The van der Waals surface area contributed by atoms with Crippen LogP contribution in [-0.4, -0.2) is 22.7 Å². The van der Waals surface area contributed by atoms with Crippen molar-refractivity contribution in [2.45, 2.75) is 25.0 Å². The summed E-state index contributed by atoms with van der Waals surface area (Å²) in [7, 11) is 0. The van der Waals surface area contributed by atoms with E-state index < -0.39 is 0 Å². The maximum Gasteiger partial charge on any atom is 0.105 e. The number of aliphatic hydroxyl groups is 1. The first kappa shape index (κ1) is 8.16. The molecule has 1 saturated heterocycles. The Morgan fingerprint density at radius 1 is 1.75 bits per heavy atom. The van der Waals surface area contributed by atoms with Crippen LogP contribution in [0.4, 0.5) is 0 Å². The Hall–Kier alpha value is -0.450. The van der Waals surface area contributed by atoms with E-state index in [4.69, 9.17) is 0 Å². The number of rotatable bonds is 2. The monoisotopic (exact) mass is 184 g/mol. The van der Waals surface area contributed by atoms with E-state index in [-0.39, 0.29) is 12.1 Å². The van der Waals surface area contributed by atoms with Crippen molar-refractivity contribution in [1.29, 1.82) is 0 Å². The number of nitrogens with one attached hydrogen (secondary N) is 1. The Kier molecular flexibility index (Phi) is 2.39. The highest BCUT2D eigenvalue weighted by atomic mass is 32.1. The molecule has 3 nitrogen and oxygen atoms in total.